The van der Waals surface area contributed by atoms with Gasteiger partial charge in [-0.1, -0.05) is 33.8 Å². The minimum absolute atomic E-state index is 0.276. The second-order valence-electron chi connectivity index (χ2n) is 6.16. The zero-order chi connectivity index (χ0) is 15.7. The van der Waals surface area contributed by atoms with E-state index in [-0.39, 0.29) is 5.92 Å². The van der Waals surface area contributed by atoms with Crippen LogP contribution < -0.4 is 10.5 Å². The number of nitrogens with zero attached hydrogens (tertiary/aromatic N) is 2. The van der Waals surface area contributed by atoms with E-state index in [0.29, 0.717) is 17.5 Å². The van der Waals surface area contributed by atoms with Crippen LogP contribution >= 0.6 is 0 Å². The minimum atomic E-state index is 0.276. The molecule has 0 radical (unpaired) electrons. The molecular weight excluding hydrogens is 262 g/mol. The average molecular weight is 287 g/mol. The predicted molar refractivity (Wildman–Crippen MR) is 87.1 cm³/mol. The van der Waals surface area contributed by atoms with Gasteiger partial charge in [-0.15, -0.1) is 0 Å². The second-order valence-corrected chi connectivity index (χ2v) is 6.16. The van der Waals surface area contributed by atoms with Crippen LogP contribution in [0.2, 0.25) is 0 Å². The number of anilines is 1. The van der Waals surface area contributed by atoms with Gasteiger partial charge in [-0.3, -0.25) is 0 Å². The number of nitrogen functional groups attached to an aromatic ring is 1. The van der Waals surface area contributed by atoms with E-state index in [4.69, 9.17) is 10.5 Å². The van der Waals surface area contributed by atoms with E-state index < -0.39 is 0 Å². The fraction of sp³-hybridized carbons (Fsp3) is 0.471. The van der Waals surface area contributed by atoms with Crippen LogP contribution in [0.3, 0.4) is 0 Å². The normalized spacial score (nSPS) is 11.4. The molecule has 2 N–H and O–H groups in total. The van der Waals surface area contributed by atoms with Crippen molar-refractivity contribution in [2.75, 3.05) is 5.73 Å². The van der Waals surface area contributed by atoms with E-state index in [1.807, 2.05) is 13.1 Å². The first-order valence-electron chi connectivity index (χ1n) is 7.42. The molecule has 2 aromatic rings. The van der Waals surface area contributed by atoms with Gasteiger partial charge in [0.05, 0.1) is 5.69 Å². The maximum absolute atomic E-state index is 6.16. The van der Waals surface area contributed by atoms with Crippen molar-refractivity contribution in [3.05, 3.63) is 35.0 Å². The molecule has 0 saturated carbocycles. The van der Waals surface area contributed by atoms with Crippen molar-refractivity contribution in [3.63, 3.8) is 0 Å². The molecule has 0 fully saturated rings. The van der Waals surface area contributed by atoms with Gasteiger partial charge in [-0.25, -0.2) is 4.68 Å². The summed E-state index contributed by atoms with van der Waals surface area (Å²) in [6.07, 6.45) is 0. The average Bonchev–Trinajstić information content (AvgIpc) is 2.66. The number of ether oxygens (including phenoxy) is 1. The van der Waals surface area contributed by atoms with E-state index in [1.165, 1.54) is 11.1 Å². The second kappa shape index (κ2) is 5.80. The third kappa shape index (κ3) is 3.04. The molecular formula is C17H25N3O. The molecule has 0 aliphatic heterocycles. The molecule has 0 spiro atoms. The molecule has 4 nitrogen and oxygen atoms in total. The van der Waals surface area contributed by atoms with Crippen molar-refractivity contribution < 1.29 is 4.74 Å². The summed E-state index contributed by atoms with van der Waals surface area (Å²) in [5, 5.41) is 4.44. The van der Waals surface area contributed by atoms with Gasteiger partial charge in [0.15, 0.2) is 0 Å². The zero-order valence-corrected chi connectivity index (χ0v) is 13.8. The molecule has 0 aliphatic rings. The first-order valence-corrected chi connectivity index (χ1v) is 7.42. The highest BCUT2D eigenvalue weighted by atomic mass is 16.5. The van der Waals surface area contributed by atoms with Crippen LogP contribution in [0.15, 0.2) is 18.2 Å². The van der Waals surface area contributed by atoms with E-state index in [0.717, 1.165) is 11.4 Å². The van der Waals surface area contributed by atoms with Crippen molar-refractivity contribution in [3.8, 4) is 11.6 Å². The van der Waals surface area contributed by atoms with Gasteiger partial charge >= 0.3 is 0 Å². The lowest BCUT2D eigenvalue weighted by atomic mass is 9.98. The first-order chi connectivity index (χ1) is 9.81. The lowest BCUT2D eigenvalue weighted by molar-refractivity contribution is 0.432. The highest BCUT2D eigenvalue weighted by Gasteiger charge is 2.18. The molecule has 0 atom stereocenters. The maximum Gasteiger partial charge on any atom is 0.241 e. The molecule has 0 aliphatic carbocycles. The summed E-state index contributed by atoms with van der Waals surface area (Å²) in [6.45, 7) is 10.6. The Morgan fingerprint density at radius 1 is 1.14 bits per heavy atom. The third-order valence-corrected chi connectivity index (χ3v) is 3.68. The van der Waals surface area contributed by atoms with Gasteiger partial charge in [-0.05, 0) is 42.0 Å². The Kier molecular flexibility index (Phi) is 4.26. The standard InChI is InChI=1S/C17H25N3O/c1-10(2)14-8-7-13(9-12(14)5)21-17-15(18)16(11(3)4)19-20(17)6/h7-11H,18H2,1-6H3. The van der Waals surface area contributed by atoms with Crippen LogP contribution in [0, 0.1) is 6.92 Å². The summed E-state index contributed by atoms with van der Waals surface area (Å²) in [6, 6.07) is 6.16. The molecule has 4 heteroatoms. The zero-order valence-electron chi connectivity index (χ0n) is 13.8. The highest BCUT2D eigenvalue weighted by molar-refractivity contribution is 5.55. The summed E-state index contributed by atoms with van der Waals surface area (Å²) in [5.41, 5.74) is 10.2. The Balaban J connectivity index is 2.33. The molecule has 0 bridgehead atoms. The topological polar surface area (TPSA) is 53.1 Å². The van der Waals surface area contributed by atoms with Crippen LogP contribution in [0.5, 0.6) is 11.6 Å². The number of rotatable bonds is 4. The van der Waals surface area contributed by atoms with Gasteiger partial charge in [0.2, 0.25) is 5.88 Å². The number of hydrogen-bond acceptors (Lipinski definition) is 3. The lowest BCUT2D eigenvalue weighted by Gasteiger charge is -2.12. The smallest absolute Gasteiger partial charge is 0.241 e. The maximum atomic E-state index is 6.16. The molecule has 1 aromatic heterocycles. The summed E-state index contributed by atoms with van der Waals surface area (Å²) in [7, 11) is 1.85. The third-order valence-electron chi connectivity index (χ3n) is 3.68. The number of benzene rings is 1. The van der Waals surface area contributed by atoms with E-state index >= 15 is 0 Å². The predicted octanol–water partition coefficient (Wildman–Crippen LogP) is 4.35. The summed E-state index contributed by atoms with van der Waals surface area (Å²) >= 11 is 0. The van der Waals surface area contributed by atoms with E-state index in [9.17, 15) is 0 Å². The Morgan fingerprint density at radius 3 is 2.29 bits per heavy atom. The van der Waals surface area contributed by atoms with Crippen molar-refractivity contribution >= 4 is 5.69 Å². The summed E-state index contributed by atoms with van der Waals surface area (Å²) < 4.78 is 7.67. The molecule has 0 amide bonds. The lowest BCUT2D eigenvalue weighted by Crippen LogP contribution is -1.98. The number of nitrogens with two attached hydrogens (primary N) is 1. The molecule has 1 aromatic carbocycles. The van der Waals surface area contributed by atoms with Crippen molar-refractivity contribution in [2.45, 2.75) is 46.5 Å². The fourth-order valence-electron chi connectivity index (χ4n) is 2.56. The van der Waals surface area contributed by atoms with Gasteiger partial charge < -0.3 is 10.5 Å². The fourth-order valence-corrected chi connectivity index (χ4v) is 2.56. The van der Waals surface area contributed by atoms with Crippen molar-refractivity contribution in [2.24, 2.45) is 7.05 Å². The van der Waals surface area contributed by atoms with Gasteiger partial charge in [0.1, 0.15) is 11.4 Å². The highest BCUT2D eigenvalue weighted by Crippen LogP contribution is 2.34. The van der Waals surface area contributed by atoms with Crippen LogP contribution in [0.1, 0.15) is 56.4 Å². The van der Waals surface area contributed by atoms with Gasteiger partial charge in [0.25, 0.3) is 0 Å². The quantitative estimate of drug-likeness (QED) is 0.909. The van der Waals surface area contributed by atoms with Gasteiger partial charge in [-0.2, -0.15) is 5.10 Å². The SMILES string of the molecule is Cc1cc(Oc2c(N)c(C(C)C)nn2C)ccc1C(C)C. The van der Waals surface area contributed by atoms with Crippen molar-refractivity contribution in [1.29, 1.82) is 0 Å². The van der Waals surface area contributed by atoms with E-state index in [2.05, 4.69) is 51.9 Å². The molecule has 114 valence electrons. The van der Waals surface area contributed by atoms with Gasteiger partial charge in [0, 0.05) is 7.05 Å². The Morgan fingerprint density at radius 2 is 1.81 bits per heavy atom. The number of aryl methyl sites for hydroxylation is 2. The summed E-state index contributed by atoms with van der Waals surface area (Å²) in [5.74, 6) is 2.18. The monoisotopic (exact) mass is 287 g/mol. The molecule has 0 saturated heterocycles. The Bertz CT molecular complexity index is 642. The van der Waals surface area contributed by atoms with Crippen LogP contribution in [0.25, 0.3) is 0 Å². The first kappa shape index (κ1) is 15.4. The van der Waals surface area contributed by atoms with E-state index in [1.54, 1.807) is 4.68 Å². The molecule has 1 heterocycles. The molecule has 21 heavy (non-hydrogen) atoms. The van der Waals surface area contributed by atoms with Crippen LogP contribution in [-0.4, -0.2) is 9.78 Å². The largest absolute Gasteiger partial charge is 0.437 e. The van der Waals surface area contributed by atoms with Crippen molar-refractivity contribution in [1.82, 2.24) is 9.78 Å². The van der Waals surface area contributed by atoms with Crippen LogP contribution in [-0.2, 0) is 7.05 Å². The Labute approximate surface area is 126 Å². The molecule has 0 unspecified atom stereocenters. The number of hydrogen-bond donors (Lipinski definition) is 1. The summed E-state index contributed by atoms with van der Waals surface area (Å²) in [4.78, 5) is 0. The van der Waals surface area contributed by atoms with Crippen LogP contribution in [0.4, 0.5) is 5.69 Å². The molecule has 2 rings (SSSR count). The number of aromatic nitrogens is 2. The minimum Gasteiger partial charge on any atom is -0.437 e. The Hall–Kier alpha value is -1.97.